The fraction of sp³-hybridized carbons (Fsp3) is 0.227. The van der Waals surface area contributed by atoms with E-state index in [1.54, 1.807) is 19.1 Å². The number of carboxylic acids is 1. The van der Waals surface area contributed by atoms with Crippen molar-refractivity contribution in [2.75, 3.05) is 34.8 Å². The van der Waals surface area contributed by atoms with Gasteiger partial charge in [-0.1, -0.05) is 23.7 Å². The van der Waals surface area contributed by atoms with E-state index in [-0.39, 0.29) is 16.5 Å². The molecule has 0 radical (unpaired) electrons. The molecule has 0 fully saturated rings. The quantitative estimate of drug-likeness (QED) is 0.420. The van der Waals surface area contributed by atoms with Crippen molar-refractivity contribution in [2.45, 2.75) is 6.92 Å². The zero-order valence-electron chi connectivity index (χ0n) is 16.7. The highest BCUT2D eigenvalue weighted by Crippen LogP contribution is 2.29. The number of carbonyl (C=O) groups is 2. The molecular formula is C22H20Cl3N3O3. The molecule has 0 unspecified atom stereocenters. The van der Waals surface area contributed by atoms with Crippen LogP contribution in [0.4, 0.5) is 11.4 Å². The van der Waals surface area contributed by atoms with Crippen molar-refractivity contribution in [3.05, 3.63) is 64.2 Å². The standard InChI is InChI=1S/C22H20Cl3N3O3/c1-14-18(12-15-2-4-16(5-3-15)27(10-8-23)11-9-24)21(29)28(26-14)17-6-7-20(25)19(13-17)22(30)31/h2-7,12-13H,8-11H2,1H3,(H,30,31)/b18-12+. The third-order valence-electron chi connectivity index (χ3n) is 4.77. The Morgan fingerprint density at radius 3 is 2.35 bits per heavy atom. The summed E-state index contributed by atoms with van der Waals surface area (Å²) in [6.07, 6.45) is 1.76. The maximum absolute atomic E-state index is 13.0. The lowest BCUT2D eigenvalue weighted by atomic mass is 10.1. The number of hydrogen-bond acceptors (Lipinski definition) is 4. The predicted octanol–water partition coefficient (Wildman–Crippen LogP) is 5.13. The van der Waals surface area contributed by atoms with Gasteiger partial charge in [0.25, 0.3) is 5.91 Å². The highest BCUT2D eigenvalue weighted by atomic mass is 35.5. The topological polar surface area (TPSA) is 73.2 Å². The molecular weight excluding hydrogens is 461 g/mol. The number of anilines is 2. The number of halogens is 3. The van der Waals surface area contributed by atoms with Gasteiger partial charge < -0.3 is 10.0 Å². The largest absolute Gasteiger partial charge is 0.478 e. The number of rotatable bonds is 8. The molecule has 1 amide bonds. The van der Waals surface area contributed by atoms with Gasteiger partial charge in [0.2, 0.25) is 0 Å². The Kier molecular flexibility index (Phi) is 7.59. The highest BCUT2D eigenvalue weighted by molar-refractivity contribution is 6.34. The molecule has 2 aromatic rings. The minimum absolute atomic E-state index is 0.0914. The van der Waals surface area contributed by atoms with E-state index in [1.807, 2.05) is 24.3 Å². The Labute approximate surface area is 195 Å². The summed E-state index contributed by atoms with van der Waals surface area (Å²) in [6.45, 7) is 3.11. The average molecular weight is 481 g/mol. The maximum atomic E-state index is 13.0. The molecule has 6 nitrogen and oxygen atoms in total. The molecule has 3 rings (SSSR count). The molecule has 1 aliphatic heterocycles. The summed E-state index contributed by atoms with van der Waals surface area (Å²) in [5, 5.41) is 14.8. The minimum atomic E-state index is -1.17. The molecule has 0 saturated carbocycles. The second kappa shape index (κ2) is 10.2. The number of nitrogens with zero attached hydrogens (tertiary/aromatic N) is 3. The molecule has 1 heterocycles. The van der Waals surface area contributed by atoms with Crippen molar-refractivity contribution >= 4 is 69.8 Å². The van der Waals surface area contributed by atoms with Crippen LogP contribution in [0, 0.1) is 0 Å². The monoisotopic (exact) mass is 479 g/mol. The molecule has 0 spiro atoms. The van der Waals surface area contributed by atoms with Gasteiger partial charge in [0.05, 0.1) is 27.6 Å². The van der Waals surface area contributed by atoms with E-state index in [0.717, 1.165) is 11.3 Å². The van der Waals surface area contributed by atoms with E-state index in [1.165, 1.54) is 17.1 Å². The van der Waals surface area contributed by atoms with E-state index in [0.29, 0.717) is 41.8 Å². The lowest BCUT2D eigenvalue weighted by molar-refractivity contribution is -0.114. The van der Waals surface area contributed by atoms with Crippen molar-refractivity contribution in [3.63, 3.8) is 0 Å². The lowest BCUT2D eigenvalue weighted by Crippen LogP contribution is -2.27. The van der Waals surface area contributed by atoms with Crippen molar-refractivity contribution in [1.29, 1.82) is 0 Å². The van der Waals surface area contributed by atoms with Gasteiger partial charge in [0.1, 0.15) is 0 Å². The van der Waals surface area contributed by atoms with Crippen molar-refractivity contribution < 1.29 is 14.7 Å². The van der Waals surface area contributed by atoms with E-state index in [2.05, 4.69) is 10.0 Å². The summed E-state index contributed by atoms with van der Waals surface area (Å²) in [5.74, 6) is -0.521. The third-order valence-corrected chi connectivity index (χ3v) is 5.43. The summed E-state index contributed by atoms with van der Waals surface area (Å²) < 4.78 is 0. The van der Waals surface area contributed by atoms with Crippen LogP contribution in [0.2, 0.25) is 5.02 Å². The predicted molar refractivity (Wildman–Crippen MR) is 127 cm³/mol. The van der Waals surface area contributed by atoms with Crippen LogP contribution < -0.4 is 9.91 Å². The van der Waals surface area contributed by atoms with Crippen LogP contribution in [0.25, 0.3) is 6.08 Å². The fourth-order valence-electron chi connectivity index (χ4n) is 3.19. The SMILES string of the molecule is CC1=NN(c2ccc(Cl)c(C(=O)O)c2)C(=O)/C1=C/c1ccc(N(CCCl)CCCl)cc1. The van der Waals surface area contributed by atoms with Gasteiger partial charge in [-0.25, -0.2) is 4.79 Å². The summed E-state index contributed by atoms with van der Waals surface area (Å²) in [5.41, 5.74) is 3.04. The van der Waals surface area contributed by atoms with Crippen LogP contribution in [0.1, 0.15) is 22.8 Å². The summed E-state index contributed by atoms with van der Waals surface area (Å²) in [7, 11) is 0. The molecule has 0 aliphatic carbocycles. The van der Waals surface area contributed by atoms with Gasteiger partial charge in [-0.05, 0) is 48.9 Å². The first-order valence-electron chi connectivity index (χ1n) is 9.47. The van der Waals surface area contributed by atoms with Crippen LogP contribution in [0.5, 0.6) is 0 Å². The average Bonchev–Trinajstić information content (AvgIpc) is 3.02. The molecule has 9 heteroatoms. The number of hydrogen-bond donors (Lipinski definition) is 1. The Balaban J connectivity index is 1.85. The maximum Gasteiger partial charge on any atom is 0.337 e. The van der Waals surface area contributed by atoms with E-state index >= 15 is 0 Å². The van der Waals surface area contributed by atoms with Crippen molar-refractivity contribution in [3.8, 4) is 0 Å². The van der Waals surface area contributed by atoms with E-state index in [9.17, 15) is 14.7 Å². The summed E-state index contributed by atoms with van der Waals surface area (Å²) in [6, 6.07) is 12.0. The lowest BCUT2D eigenvalue weighted by Gasteiger charge is -2.22. The molecule has 0 atom stereocenters. The Bertz CT molecular complexity index is 1050. The van der Waals surface area contributed by atoms with Crippen LogP contribution in [0.15, 0.2) is 53.1 Å². The number of alkyl halides is 2. The van der Waals surface area contributed by atoms with Crippen LogP contribution in [-0.2, 0) is 4.79 Å². The fourth-order valence-corrected chi connectivity index (χ4v) is 3.80. The Hall–Kier alpha value is -2.54. The summed E-state index contributed by atoms with van der Waals surface area (Å²) >= 11 is 17.7. The van der Waals surface area contributed by atoms with E-state index < -0.39 is 5.97 Å². The molecule has 0 aromatic heterocycles. The summed E-state index contributed by atoms with van der Waals surface area (Å²) in [4.78, 5) is 26.4. The van der Waals surface area contributed by atoms with Crippen molar-refractivity contribution in [1.82, 2.24) is 0 Å². The molecule has 1 aliphatic rings. The first-order chi connectivity index (χ1) is 14.8. The van der Waals surface area contributed by atoms with Gasteiger partial charge in [-0.2, -0.15) is 10.1 Å². The van der Waals surface area contributed by atoms with Gasteiger partial charge >= 0.3 is 5.97 Å². The zero-order valence-corrected chi connectivity index (χ0v) is 19.0. The van der Waals surface area contributed by atoms with Crippen LogP contribution in [0.3, 0.4) is 0 Å². The third kappa shape index (κ3) is 5.21. The molecule has 0 bridgehead atoms. The first kappa shape index (κ1) is 23.1. The molecule has 31 heavy (non-hydrogen) atoms. The Morgan fingerprint density at radius 1 is 1.13 bits per heavy atom. The molecule has 162 valence electrons. The van der Waals surface area contributed by atoms with Gasteiger partial charge in [0, 0.05) is 30.5 Å². The van der Waals surface area contributed by atoms with E-state index in [4.69, 9.17) is 34.8 Å². The normalized spacial score (nSPS) is 14.8. The van der Waals surface area contributed by atoms with Crippen molar-refractivity contribution in [2.24, 2.45) is 5.10 Å². The molecule has 2 aromatic carbocycles. The highest BCUT2D eigenvalue weighted by Gasteiger charge is 2.29. The van der Waals surface area contributed by atoms with Gasteiger partial charge in [-0.3, -0.25) is 4.79 Å². The first-order valence-corrected chi connectivity index (χ1v) is 10.9. The molecule has 0 saturated heterocycles. The van der Waals surface area contributed by atoms with Crippen LogP contribution >= 0.6 is 34.8 Å². The number of carbonyl (C=O) groups excluding carboxylic acids is 1. The second-order valence-corrected chi connectivity index (χ2v) is 7.95. The minimum Gasteiger partial charge on any atom is -0.478 e. The van der Waals surface area contributed by atoms with Gasteiger partial charge in [0.15, 0.2) is 0 Å². The number of amides is 1. The zero-order chi connectivity index (χ0) is 22.5. The smallest absolute Gasteiger partial charge is 0.337 e. The Morgan fingerprint density at radius 2 is 1.77 bits per heavy atom. The number of aromatic carboxylic acids is 1. The molecule has 1 N–H and O–H groups in total. The second-order valence-electron chi connectivity index (χ2n) is 6.79. The number of hydrazone groups is 1. The number of benzene rings is 2. The number of carboxylic acid groups (broad SMARTS) is 1. The van der Waals surface area contributed by atoms with Crippen LogP contribution in [-0.4, -0.2) is 47.5 Å². The van der Waals surface area contributed by atoms with Gasteiger partial charge in [-0.15, -0.1) is 23.2 Å².